The summed E-state index contributed by atoms with van der Waals surface area (Å²) >= 11 is 0. The Kier molecular flexibility index (Phi) is 2.66. The second-order valence-corrected chi connectivity index (χ2v) is 3.76. The summed E-state index contributed by atoms with van der Waals surface area (Å²) in [5.74, 6) is -0.721. The normalized spacial score (nSPS) is 16.8. The van der Waals surface area contributed by atoms with Gasteiger partial charge in [-0.25, -0.2) is 8.78 Å². The van der Waals surface area contributed by atoms with Crippen LogP contribution in [-0.2, 0) is 6.42 Å². The van der Waals surface area contributed by atoms with Crippen LogP contribution in [0.2, 0.25) is 0 Å². The van der Waals surface area contributed by atoms with E-state index in [1.54, 1.807) is 0 Å². The van der Waals surface area contributed by atoms with E-state index in [2.05, 4.69) is 4.99 Å². The van der Waals surface area contributed by atoms with Gasteiger partial charge in [0, 0.05) is 12.5 Å². The Hall–Kier alpha value is -1.45. The molecule has 0 heterocycles. The minimum Gasteiger partial charge on any atom is -0.387 e. The van der Waals surface area contributed by atoms with E-state index in [1.165, 1.54) is 12.1 Å². The fraction of sp³-hybridized carbons (Fsp3) is 0.364. The Labute approximate surface area is 86.8 Å². The monoisotopic (exact) mass is 210 g/mol. The number of nitrogens with two attached hydrogens (primary N) is 1. The lowest BCUT2D eigenvalue weighted by Crippen LogP contribution is -2.16. The molecule has 80 valence electrons. The molecule has 0 radical (unpaired) electrons. The molecule has 0 aromatic heterocycles. The first-order chi connectivity index (χ1) is 7.15. The lowest BCUT2D eigenvalue weighted by atomic mass is 10.1. The van der Waals surface area contributed by atoms with Crippen molar-refractivity contribution in [3.8, 4) is 0 Å². The van der Waals surface area contributed by atoms with Gasteiger partial charge in [0.2, 0.25) is 0 Å². The van der Waals surface area contributed by atoms with Crippen LogP contribution in [0.1, 0.15) is 18.4 Å². The minimum absolute atomic E-state index is 0.253. The topological polar surface area (TPSA) is 38.4 Å². The summed E-state index contributed by atoms with van der Waals surface area (Å²) in [4.78, 5) is 4.18. The van der Waals surface area contributed by atoms with Crippen LogP contribution in [0.4, 0.5) is 8.78 Å². The van der Waals surface area contributed by atoms with Gasteiger partial charge < -0.3 is 5.73 Å². The standard InChI is InChI=1S/C11H12F2N2/c12-8-2-1-7(10(13)6-8)5-11(14)15-9-3-4-9/h1-2,6,9H,3-5H2,(H2,14,15). The highest BCUT2D eigenvalue weighted by Crippen LogP contribution is 2.23. The summed E-state index contributed by atoms with van der Waals surface area (Å²) in [6.07, 6.45) is 2.38. The van der Waals surface area contributed by atoms with Crippen LogP contribution in [0.25, 0.3) is 0 Å². The van der Waals surface area contributed by atoms with Gasteiger partial charge in [0.05, 0.1) is 11.9 Å². The van der Waals surface area contributed by atoms with Crippen molar-refractivity contribution in [2.75, 3.05) is 0 Å². The molecule has 1 fully saturated rings. The van der Waals surface area contributed by atoms with Crippen LogP contribution in [-0.4, -0.2) is 11.9 Å². The van der Waals surface area contributed by atoms with Crippen molar-refractivity contribution in [2.45, 2.75) is 25.3 Å². The molecule has 0 saturated heterocycles. The van der Waals surface area contributed by atoms with Crippen LogP contribution >= 0.6 is 0 Å². The summed E-state index contributed by atoms with van der Waals surface area (Å²) in [6, 6.07) is 3.82. The van der Waals surface area contributed by atoms with E-state index in [-0.39, 0.29) is 6.42 Å². The van der Waals surface area contributed by atoms with Gasteiger partial charge in [-0.2, -0.15) is 0 Å². The second kappa shape index (κ2) is 3.96. The summed E-state index contributed by atoms with van der Waals surface area (Å²) in [5.41, 5.74) is 6.03. The van der Waals surface area contributed by atoms with Crippen LogP contribution < -0.4 is 5.73 Å². The van der Waals surface area contributed by atoms with Gasteiger partial charge in [0.1, 0.15) is 11.6 Å². The predicted molar refractivity (Wildman–Crippen MR) is 54.7 cm³/mol. The number of aliphatic imine (C=N–C) groups is 1. The van der Waals surface area contributed by atoms with E-state index in [1.807, 2.05) is 0 Å². The number of nitrogens with zero attached hydrogens (tertiary/aromatic N) is 1. The zero-order valence-corrected chi connectivity index (χ0v) is 8.21. The van der Waals surface area contributed by atoms with Crippen molar-refractivity contribution in [1.29, 1.82) is 0 Å². The molecular weight excluding hydrogens is 198 g/mol. The molecule has 0 unspecified atom stereocenters. The minimum atomic E-state index is -0.575. The van der Waals surface area contributed by atoms with Crippen molar-refractivity contribution in [3.05, 3.63) is 35.4 Å². The zero-order chi connectivity index (χ0) is 10.8. The van der Waals surface area contributed by atoms with Crippen molar-refractivity contribution >= 4 is 5.84 Å². The fourth-order valence-corrected chi connectivity index (χ4v) is 1.34. The number of hydrogen-bond acceptors (Lipinski definition) is 1. The van der Waals surface area contributed by atoms with Gasteiger partial charge in [0.25, 0.3) is 0 Å². The maximum atomic E-state index is 13.2. The molecule has 0 amide bonds. The van der Waals surface area contributed by atoms with Gasteiger partial charge in [-0.05, 0) is 24.5 Å². The van der Waals surface area contributed by atoms with Gasteiger partial charge in [-0.1, -0.05) is 6.07 Å². The van der Waals surface area contributed by atoms with Crippen LogP contribution in [0.5, 0.6) is 0 Å². The largest absolute Gasteiger partial charge is 0.387 e. The molecule has 2 rings (SSSR count). The van der Waals surface area contributed by atoms with E-state index >= 15 is 0 Å². The molecule has 2 nitrogen and oxygen atoms in total. The number of rotatable bonds is 3. The average Bonchev–Trinajstić information content (AvgIpc) is 2.94. The predicted octanol–water partition coefficient (Wildman–Crippen LogP) is 2.03. The van der Waals surface area contributed by atoms with Crippen molar-refractivity contribution in [1.82, 2.24) is 0 Å². The summed E-state index contributed by atoms with van der Waals surface area (Å²) < 4.78 is 25.8. The maximum absolute atomic E-state index is 13.2. The Bertz CT molecular complexity index is 398. The van der Waals surface area contributed by atoms with E-state index < -0.39 is 11.6 Å². The highest BCUT2D eigenvalue weighted by molar-refractivity contribution is 5.83. The van der Waals surface area contributed by atoms with Gasteiger partial charge >= 0.3 is 0 Å². The number of halogens is 2. The van der Waals surface area contributed by atoms with Gasteiger partial charge in [0.15, 0.2) is 0 Å². The number of hydrogen-bond donors (Lipinski definition) is 1. The third kappa shape index (κ3) is 2.75. The summed E-state index contributed by atoms with van der Waals surface area (Å²) in [7, 11) is 0. The third-order valence-corrected chi connectivity index (χ3v) is 2.28. The summed E-state index contributed by atoms with van der Waals surface area (Å²) in [5, 5.41) is 0. The van der Waals surface area contributed by atoms with Crippen molar-refractivity contribution in [2.24, 2.45) is 10.7 Å². The first kappa shape index (κ1) is 10.1. The van der Waals surface area contributed by atoms with E-state index in [9.17, 15) is 8.78 Å². The lowest BCUT2D eigenvalue weighted by molar-refractivity contribution is 0.575. The maximum Gasteiger partial charge on any atom is 0.129 e. The molecule has 2 N–H and O–H groups in total. The quantitative estimate of drug-likeness (QED) is 0.601. The van der Waals surface area contributed by atoms with Crippen LogP contribution in [0, 0.1) is 11.6 Å². The molecule has 1 saturated carbocycles. The Morgan fingerprint density at radius 3 is 2.73 bits per heavy atom. The average molecular weight is 210 g/mol. The molecule has 0 bridgehead atoms. The highest BCUT2D eigenvalue weighted by atomic mass is 19.1. The number of benzene rings is 1. The second-order valence-electron chi connectivity index (χ2n) is 3.76. The fourth-order valence-electron chi connectivity index (χ4n) is 1.34. The molecular formula is C11H12F2N2. The Morgan fingerprint density at radius 2 is 2.13 bits per heavy atom. The SMILES string of the molecule is NC(Cc1ccc(F)cc1F)=NC1CC1. The molecule has 0 spiro atoms. The summed E-state index contributed by atoms with van der Waals surface area (Å²) in [6.45, 7) is 0. The van der Waals surface area contributed by atoms with E-state index in [0.717, 1.165) is 18.9 Å². The number of amidine groups is 1. The van der Waals surface area contributed by atoms with Crippen LogP contribution in [0.15, 0.2) is 23.2 Å². The molecule has 4 heteroatoms. The Morgan fingerprint density at radius 1 is 1.40 bits per heavy atom. The van der Waals surface area contributed by atoms with Crippen molar-refractivity contribution < 1.29 is 8.78 Å². The first-order valence-electron chi connectivity index (χ1n) is 4.91. The molecule has 1 aliphatic rings. The Balaban J connectivity index is 2.09. The molecule has 1 aromatic carbocycles. The molecule has 1 aromatic rings. The highest BCUT2D eigenvalue weighted by Gasteiger charge is 2.20. The molecule has 15 heavy (non-hydrogen) atoms. The van der Waals surface area contributed by atoms with E-state index in [4.69, 9.17) is 5.73 Å². The first-order valence-corrected chi connectivity index (χ1v) is 4.91. The molecule has 0 aliphatic heterocycles. The van der Waals surface area contributed by atoms with Crippen LogP contribution in [0.3, 0.4) is 0 Å². The van der Waals surface area contributed by atoms with Crippen molar-refractivity contribution in [3.63, 3.8) is 0 Å². The van der Waals surface area contributed by atoms with E-state index in [0.29, 0.717) is 17.4 Å². The van der Waals surface area contributed by atoms with Gasteiger partial charge in [-0.3, -0.25) is 4.99 Å². The molecule has 0 atom stereocenters. The zero-order valence-electron chi connectivity index (χ0n) is 8.21. The third-order valence-electron chi connectivity index (χ3n) is 2.28. The lowest BCUT2D eigenvalue weighted by Gasteiger charge is -2.02. The van der Waals surface area contributed by atoms with Gasteiger partial charge in [-0.15, -0.1) is 0 Å². The molecule has 1 aliphatic carbocycles. The smallest absolute Gasteiger partial charge is 0.129 e.